The molecule has 1 aliphatic rings. The lowest BCUT2D eigenvalue weighted by Crippen LogP contribution is -2.45. The van der Waals surface area contributed by atoms with Crippen molar-refractivity contribution in [2.45, 2.75) is 32.2 Å². The zero-order valence-electron chi connectivity index (χ0n) is 11.5. The van der Waals surface area contributed by atoms with E-state index < -0.39 is 0 Å². The lowest BCUT2D eigenvalue weighted by atomic mass is 9.98. The molecule has 1 heterocycles. The summed E-state index contributed by atoms with van der Waals surface area (Å²) in [5.74, 6) is -0.169. The van der Waals surface area contributed by atoms with E-state index in [0.717, 1.165) is 24.9 Å². The lowest BCUT2D eigenvalue weighted by Gasteiger charge is -2.33. The molecule has 104 valence electrons. The van der Waals surface area contributed by atoms with E-state index in [0.29, 0.717) is 13.2 Å². The molecule has 4 nitrogen and oxygen atoms in total. The maximum Gasteiger partial charge on any atom is 0.325 e. The number of nitrogens with two attached hydrogens (primary N) is 1. The molecule has 0 saturated heterocycles. The van der Waals surface area contributed by atoms with Gasteiger partial charge in [-0.1, -0.05) is 31.5 Å². The van der Waals surface area contributed by atoms with E-state index in [4.69, 9.17) is 10.5 Å². The van der Waals surface area contributed by atoms with E-state index in [-0.39, 0.29) is 18.6 Å². The number of rotatable bonds is 5. The third kappa shape index (κ3) is 3.70. The third-order valence-corrected chi connectivity index (χ3v) is 3.35. The Balaban J connectivity index is 1.98. The highest BCUT2D eigenvalue weighted by Gasteiger charge is 2.23. The molecular weight excluding hydrogens is 240 g/mol. The standard InChI is InChI=1S/C15H22N2O2/c1-2-3-8-19-15(18)11-17-10-13(16)9-12-6-4-5-7-14(12)17/h4-7,13H,2-3,8-11,16H2,1H3. The number of benzene rings is 1. The highest BCUT2D eigenvalue weighted by Crippen LogP contribution is 2.25. The first-order valence-electron chi connectivity index (χ1n) is 6.94. The molecule has 0 saturated carbocycles. The Bertz CT molecular complexity index is 434. The average Bonchev–Trinajstić information content (AvgIpc) is 2.39. The molecule has 19 heavy (non-hydrogen) atoms. The molecule has 0 amide bonds. The van der Waals surface area contributed by atoms with E-state index >= 15 is 0 Å². The second-order valence-corrected chi connectivity index (χ2v) is 5.05. The number of hydrogen-bond donors (Lipinski definition) is 1. The van der Waals surface area contributed by atoms with Crippen molar-refractivity contribution < 1.29 is 9.53 Å². The maximum absolute atomic E-state index is 11.8. The minimum Gasteiger partial charge on any atom is -0.464 e. The fraction of sp³-hybridized carbons (Fsp3) is 0.533. The molecule has 0 aromatic heterocycles. The van der Waals surface area contributed by atoms with Gasteiger partial charge in [-0.2, -0.15) is 0 Å². The predicted molar refractivity (Wildman–Crippen MR) is 76.2 cm³/mol. The van der Waals surface area contributed by atoms with Crippen molar-refractivity contribution in [3.63, 3.8) is 0 Å². The molecule has 1 aromatic carbocycles. The van der Waals surface area contributed by atoms with E-state index in [2.05, 4.69) is 13.0 Å². The van der Waals surface area contributed by atoms with Crippen LogP contribution in [0.1, 0.15) is 25.3 Å². The van der Waals surface area contributed by atoms with Crippen molar-refractivity contribution in [3.8, 4) is 0 Å². The number of fused-ring (bicyclic) bond motifs is 1. The summed E-state index contributed by atoms with van der Waals surface area (Å²) in [6.07, 6.45) is 2.82. The van der Waals surface area contributed by atoms with Gasteiger partial charge >= 0.3 is 5.97 Å². The number of anilines is 1. The molecule has 1 aliphatic heterocycles. The van der Waals surface area contributed by atoms with E-state index in [9.17, 15) is 4.79 Å². The van der Waals surface area contributed by atoms with E-state index in [1.54, 1.807) is 0 Å². The lowest BCUT2D eigenvalue weighted by molar-refractivity contribution is -0.142. The van der Waals surface area contributed by atoms with Crippen molar-refractivity contribution in [2.75, 3.05) is 24.6 Å². The van der Waals surface area contributed by atoms with Gasteiger partial charge < -0.3 is 15.4 Å². The average molecular weight is 262 g/mol. The van der Waals surface area contributed by atoms with Gasteiger partial charge in [-0.25, -0.2) is 0 Å². The van der Waals surface area contributed by atoms with Crippen LogP contribution in [0.25, 0.3) is 0 Å². The summed E-state index contributed by atoms with van der Waals surface area (Å²) in [6, 6.07) is 8.20. The van der Waals surface area contributed by atoms with Crippen LogP contribution >= 0.6 is 0 Å². The number of hydrogen-bond acceptors (Lipinski definition) is 4. The fourth-order valence-electron chi connectivity index (χ4n) is 2.40. The Hall–Kier alpha value is -1.55. The first kappa shape index (κ1) is 13.9. The van der Waals surface area contributed by atoms with Crippen LogP contribution in [0.4, 0.5) is 5.69 Å². The third-order valence-electron chi connectivity index (χ3n) is 3.35. The molecular formula is C15H22N2O2. The van der Waals surface area contributed by atoms with Gasteiger partial charge in [0.05, 0.1) is 6.61 Å². The van der Waals surface area contributed by atoms with Gasteiger partial charge in [-0.3, -0.25) is 4.79 Å². The monoisotopic (exact) mass is 262 g/mol. The van der Waals surface area contributed by atoms with Gasteiger partial charge in [-0.15, -0.1) is 0 Å². The van der Waals surface area contributed by atoms with Crippen LogP contribution in [0.2, 0.25) is 0 Å². The molecule has 0 fully saturated rings. The summed E-state index contributed by atoms with van der Waals surface area (Å²) in [6.45, 7) is 3.58. The summed E-state index contributed by atoms with van der Waals surface area (Å²) in [4.78, 5) is 13.8. The minimum atomic E-state index is -0.169. The Labute approximate surface area is 114 Å². The van der Waals surface area contributed by atoms with Crippen molar-refractivity contribution in [1.82, 2.24) is 0 Å². The van der Waals surface area contributed by atoms with Crippen molar-refractivity contribution in [2.24, 2.45) is 5.73 Å². The number of para-hydroxylation sites is 1. The Morgan fingerprint density at radius 2 is 2.26 bits per heavy atom. The van der Waals surface area contributed by atoms with Gasteiger partial charge in [0.15, 0.2) is 0 Å². The highest BCUT2D eigenvalue weighted by molar-refractivity contribution is 5.76. The number of ether oxygens (including phenoxy) is 1. The topological polar surface area (TPSA) is 55.6 Å². The van der Waals surface area contributed by atoms with Gasteiger partial charge in [0.2, 0.25) is 0 Å². The summed E-state index contributed by atoms with van der Waals surface area (Å²) < 4.78 is 5.21. The smallest absolute Gasteiger partial charge is 0.325 e. The highest BCUT2D eigenvalue weighted by atomic mass is 16.5. The summed E-state index contributed by atoms with van der Waals surface area (Å²) in [5.41, 5.74) is 8.36. The SMILES string of the molecule is CCCCOC(=O)CN1CC(N)Cc2ccccc21. The zero-order valence-corrected chi connectivity index (χ0v) is 11.5. The molecule has 0 radical (unpaired) electrons. The van der Waals surface area contributed by atoms with Crippen LogP contribution in [-0.2, 0) is 16.0 Å². The molecule has 4 heteroatoms. The number of carbonyl (C=O) groups is 1. The Morgan fingerprint density at radius 1 is 1.47 bits per heavy atom. The van der Waals surface area contributed by atoms with Crippen molar-refractivity contribution in [3.05, 3.63) is 29.8 Å². The second-order valence-electron chi connectivity index (χ2n) is 5.05. The van der Waals surface area contributed by atoms with Crippen LogP contribution in [0.15, 0.2) is 24.3 Å². The van der Waals surface area contributed by atoms with Crippen LogP contribution < -0.4 is 10.6 Å². The molecule has 1 aromatic rings. The van der Waals surface area contributed by atoms with E-state index in [1.165, 1.54) is 5.56 Å². The van der Waals surface area contributed by atoms with Gasteiger partial charge in [0, 0.05) is 18.3 Å². The molecule has 2 rings (SSSR count). The second kappa shape index (κ2) is 6.57. The molecule has 0 bridgehead atoms. The molecule has 2 N–H and O–H groups in total. The number of nitrogens with zero attached hydrogens (tertiary/aromatic N) is 1. The molecule has 0 spiro atoms. The van der Waals surface area contributed by atoms with E-state index in [1.807, 2.05) is 23.1 Å². The summed E-state index contributed by atoms with van der Waals surface area (Å²) >= 11 is 0. The van der Waals surface area contributed by atoms with Crippen molar-refractivity contribution >= 4 is 11.7 Å². The minimum absolute atomic E-state index is 0.0818. The quantitative estimate of drug-likeness (QED) is 0.648. The molecule has 1 atom stereocenters. The van der Waals surface area contributed by atoms with Crippen LogP contribution in [0.3, 0.4) is 0 Å². The Morgan fingerprint density at radius 3 is 3.05 bits per heavy atom. The van der Waals surface area contributed by atoms with Crippen LogP contribution in [0, 0.1) is 0 Å². The Kier molecular flexibility index (Phi) is 4.80. The van der Waals surface area contributed by atoms with Gasteiger partial charge in [0.1, 0.15) is 6.54 Å². The first-order valence-corrected chi connectivity index (χ1v) is 6.94. The maximum atomic E-state index is 11.8. The largest absolute Gasteiger partial charge is 0.464 e. The number of unbranched alkanes of at least 4 members (excludes halogenated alkanes) is 1. The van der Waals surface area contributed by atoms with Gasteiger partial charge in [-0.05, 0) is 24.5 Å². The summed E-state index contributed by atoms with van der Waals surface area (Å²) in [7, 11) is 0. The fourth-order valence-corrected chi connectivity index (χ4v) is 2.40. The van der Waals surface area contributed by atoms with Crippen molar-refractivity contribution in [1.29, 1.82) is 0 Å². The number of esters is 1. The summed E-state index contributed by atoms with van der Waals surface area (Å²) in [5, 5.41) is 0. The number of carbonyl (C=O) groups excluding carboxylic acids is 1. The van der Waals surface area contributed by atoms with Crippen LogP contribution in [0.5, 0.6) is 0 Å². The molecule has 1 unspecified atom stereocenters. The molecule has 0 aliphatic carbocycles. The van der Waals surface area contributed by atoms with Crippen LogP contribution in [-0.4, -0.2) is 31.7 Å². The zero-order chi connectivity index (χ0) is 13.7. The first-order chi connectivity index (χ1) is 9.20. The predicted octanol–water partition coefficient (Wildman–Crippen LogP) is 1.72. The van der Waals surface area contributed by atoms with Gasteiger partial charge in [0.25, 0.3) is 0 Å². The normalized spacial score (nSPS) is 18.0.